The van der Waals surface area contributed by atoms with Crippen LogP contribution < -0.4 is 4.74 Å². The largest absolute Gasteiger partial charge is 0.439 e. The fraction of sp³-hybridized carbons (Fsp3) is 0.571. The Bertz CT molecular complexity index is 281. The van der Waals surface area contributed by atoms with Crippen LogP contribution in [0.1, 0.15) is 33.6 Å². The summed E-state index contributed by atoms with van der Waals surface area (Å²) >= 11 is 0. The highest BCUT2D eigenvalue weighted by atomic mass is 16.9. The molecule has 0 amide bonds. The van der Waals surface area contributed by atoms with Crippen LogP contribution in [0.2, 0.25) is 0 Å². The topological polar surface area (TPSA) is 27.7 Å². The number of hydrogen-bond donors (Lipinski definition) is 0. The number of hydrogen-bond acceptors (Lipinski definition) is 3. The van der Waals surface area contributed by atoms with Crippen molar-refractivity contribution >= 4 is 0 Å². The minimum Gasteiger partial charge on any atom is -0.439 e. The molecule has 0 N–H and O–H groups in total. The molecular formula is C14H22O3. The van der Waals surface area contributed by atoms with Gasteiger partial charge in [0.15, 0.2) is 0 Å². The van der Waals surface area contributed by atoms with Crippen LogP contribution in [0.5, 0.6) is 5.75 Å². The van der Waals surface area contributed by atoms with Crippen molar-refractivity contribution in [2.75, 3.05) is 13.2 Å². The van der Waals surface area contributed by atoms with E-state index in [1.165, 1.54) is 0 Å². The van der Waals surface area contributed by atoms with Crippen LogP contribution in [-0.2, 0) is 9.47 Å². The maximum absolute atomic E-state index is 5.88. The lowest BCUT2D eigenvalue weighted by molar-refractivity contribution is -0.343. The van der Waals surface area contributed by atoms with E-state index in [1.54, 1.807) is 0 Å². The lowest BCUT2D eigenvalue weighted by Gasteiger charge is -2.32. The molecule has 0 saturated carbocycles. The number of ether oxygens (including phenoxy) is 3. The summed E-state index contributed by atoms with van der Waals surface area (Å²) in [5.74, 6) is -0.178. The zero-order valence-corrected chi connectivity index (χ0v) is 10.9. The lowest BCUT2D eigenvalue weighted by Crippen LogP contribution is -2.42. The zero-order chi connectivity index (χ0) is 12.6. The summed E-state index contributed by atoms with van der Waals surface area (Å²) in [5, 5.41) is 0. The van der Waals surface area contributed by atoms with Crippen LogP contribution in [0.4, 0.5) is 0 Å². The third kappa shape index (κ3) is 4.36. The Morgan fingerprint density at radius 3 is 2.00 bits per heavy atom. The Kier molecular flexibility index (Phi) is 6.01. The fourth-order valence-electron chi connectivity index (χ4n) is 1.71. The van der Waals surface area contributed by atoms with Crippen molar-refractivity contribution < 1.29 is 14.2 Å². The molecule has 0 aromatic heterocycles. The Labute approximate surface area is 104 Å². The van der Waals surface area contributed by atoms with E-state index in [-0.39, 0.29) is 0 Å². The van der Waals surface area contributed by atoms with Gasteiger partial charge in [-0.1, -0.05) is 25.1 Å². The molecule has 3 heteroatoms. The van der Waals surface area contributed by atoms with Crippen molar-refractivity contribution in [1.29, 1.82) is 0 Å². The van der Waals surface area contributed by atoms with Crippen molar-refractivity contribution in [2.24, 2.45) is 0 Å². The van der Waals surface area contributed by atoms with E-state index < -0.39 is 5.97 Å². The van der Waals surface area contributed by atoms with E-state index in [0.717, 1.165) is 12.2 Å². The summed E-state index contributed by atoms with van der Waals surface area (Å²) in [6, 6.07) is 9.63. The molecule has 0 unspecified atom stereocenters. The quantitative estimate of drug-likeness (QED) is 0.648. The second kappa shape index (κ2) is 7.30. The van der Waals surface area contributed by atoms with Crippen molar-refractivity contribution in [3.05, 3.63) is 30.3 Å². The van der Waals surface area contributed by atoms with Gasteiger partial charge in [0, 0.05) is 6.42 Å². The van der Waals surface area contributed by atoms with Crippen LogP contribution in [0.15, 0.2) is 30.3 Å². The number of rotatable bonds is 8. The first-order chi connectivity index (χ1) is 8.26. The summed E-state index contributed by atoms with van der Waals surface area (Å²) in [5.41, 5.74) is 0. The predicted octanol–water partition coefficient (Wildman–Crippen LogP) is 3.59. The van der Waals surface area contributed by atoms with Gasteiger partial charge in [-0.2, -0.15) is 0 Å². The molecule has 1 aromatic rings. The average Bonchev–Trinajstić information content (AvgIpc) is 2.31. The molecule has 0 radical (unpaired) electrons. The second-order valence-corrected chi connectivity index (χ2v) is 3.71. The SMILES string of the molecule is CCCC(OCC)(OCC)Oc1ccccc1. The molecule has 1 rings (SSSR count). The van der Waals surface area contributed by atoms with Gasteiger partial charge in [-0.25, -0.2) is 0 Å². The second-order valence-electron chi connectivity index (χ2n) is 3.71. The van der Waals surface area contributed by atoms with Gasteiger partial charge >= 0.3 is 5.97 Å². The van der Waals surface area contributed by atoms with Crippen LogP contribution in [0.25, 0.3) is 0 Å². The molecule has 0 aliphatic rings. The van der Waals surface area contributed by atoms with Gasteiger partial charge < -0.3 is 14.2 Å². The van der Waals surface area contributed by atoms with Crippen LogP contribution in [0.3, 0.4) is 0 Å². The van der Waals surface area contributed by atoms with E-state index in [4.69, 9.17) is 14.2 Å². The number of para-hydroxylation sites is 1. The molecule has 3 nitrogen and oxygen atoms in total. The van der Waals surface area contributed by atoms with Crippen molar-refractivity contribution in [3.8, 4) is 5.75 Å². The average molecular weight is 238 g/mol. The van der Waals surface area contributed by atoms with Gasteiger partial charge in [-0.05, 0) is 32.4 Å². The van der Waals surface area contributed by atoms with Crippen molar-refractivity contribution in [3.63, 3.8) is 0 Å². The summed E-state index contributed by atoms with van der Waals surface area (Å²) in [7, 11) is 0. The molecule has 17 heavy (non-hydrogen) atoms. The van der Waals surface area contributed by atoms with E-state index in [0.29, 0.717) is 19.6 Å². The Morgan fingerprint density at radius 2 is 1.53 bits per heavy atom. The lowest BCUT2D eigenvalue weighted by atomic mass is 10.3. The first-order valence-electron chi connectivity index (χ1n) is 6.28. The van der Waals surface area contributed by atoms with Gasteiger partial charge in [-0.3, -0.25) is 0 Å². The summed E-state index contributed by atoms with van der Waals surface area (Å²) in [4.78, 5) is 0. The first kappa shape index (κ1) is 14.0. The Balaban J connectivity index is 2.80. The highest BCUT2D eigenvalue weighted by molar-refractivity contribution is 5.21. The summed E-state index contributed by atoms with van der Waals surface area (Å²) in [6.07, 6.45) is 1.65. The molecule has 96 valence electrons. The van der Waals surface area contributed by atoms with Gasteiger partial charge in [0.05, 0.1) is 13.2 Å². The van der Waals surface area contributed by atoms with Gasteiger partial charge in [0.2, 0.25) is 0 Å². The monoisotopic (exact) mass is 238 g/mol. The molecule has 0 bridgehead atoms. The Morgan fingerprint density at radius 1 is 0.941 bits per heavy atom. The van der Waals surface area contributed by atoms with E-state index in [1.807, 2.05) is 44.2 Å². The van der Waals surface area contributed by atoms with Crippen LogP contribution >= 0.6 is 0 Å². The van der Waals surface area contributed by atoms with Gasteiger partial charge in [-0.15, -0.1) is 0 Å². The van der Waals surface area contributed by atoms with Crippen molar-refractivity contribution in [2.45, 2.75) is 39.6 Å². The molecular weight excluding hydrogens is 216 g/mol. The molecule has 0 heterocycles. The van der Waals surface area contributed by atoms with Crippen molar-refractivity contribution in [1.82, 2.24) is 0 Å². The fourth-order valence-corrected chi connectivity index (χ4v) is 1.71. The van der Waals surface area contributed by atoms with Crippen LogP contribution in [0, 0.1) is 0 Å². The van der Waals surface area contributed by atoms with E-state index in [2.05, 4.69) is 6.92 Å². The molecule has 0 spiro atoms. The molecule has 0 fully saturated rings. The van der Waals surface area contributed by atoms with Gasteiger partial charge in [0.25, 0.3) is 0 Å². The standard InChI is InChI=1S/C14H22O3/c1-4-12-14(15-5-2,16-6-3)17-13-10-8-7-9-11-13/h7-11H,4-6,12H2,1-3H3. The third-order valence-corrected chi connectivity index (χ3v) is 2.30. The predicted molar refractivity (Wildman–Crippen MR) is 68.0 cm³/mol. The maximum Gasteiger partial charge on any atom is 0.326 e. The minimum atomic E-state index is -0.945. The molecule has 0 atom stereocenters. The first-order valence-corrected chi connectivity index (χ1v) is 6.28. The summed E-state index contributed by atoms with van der Waals surface area (Å²) < 4.78 is 17.2. The number of benzene rings is 1. The smallest absolute Gasteiger partial charge is 0.326 e. The van der Waals surface area contributed by atoms with Crippen LogP contribution in [-0.4, -0.2) is 19.2 Å². The molecule has 0 aliphatic carbocycles. The summed E-state index contributed by atoms with van der Waals surface area (Å²) in [6.45, 7) is 7.09. The Hall–Kier alpha value is -1.06. The molecule has 0 aliphatic heterocycles. The minimum absolute atomic E-state index is 0.562. The zero-order valence-electron chi connectivity index (χ0n) is 10.9. The molecule has 1 aromatic carbocycles. The van der Waals surface area contributed by atoms with E-state index in [9.17, 15) is 0 Å². The normalized spacial score (nSPS) is 11.5. The highest BCUT2D eigenvalue weighted by Crippen LogP contribution is 2.25. The van der Waals surface area contributed by atoms with Gasteiger partial charge in [0.1, 0.15) is 5.75 Å². The maximum atomic E-state index is 5.88. The molecule has 0 saturated heterocycles. The third-order valence-electron chi connectivity index (χ3n) is 2.30. The van der Waals surface area contributed by atoms with E-state index >= 15 is 0 Å². The highest BCUT2D eigenvalue weighted by Gasteiger charge is 2.33.